The van der Waals surface area contributed by atoms with Gasteiger partial charge in [-0.1, -0.05) is 0 Å². The second-order valence-electron chi connectivity index (χ2n) is 19.5. The maximum atomic E-state index is 15.9. The van der Waals surface area contributed by atoms with Crippen LogP contribution >= 0.6 is 12.2 Å². The number of nitrogens with zero attached hydrogens (tertiary/aromatic N) is 6. The summed E-state index contributed by atoms with van der Waals surface area (Å²) in [6.45, 7) is 5.68. The van der Waals surface area contributed by atoms with E-state index < -0.39 is 75.7 Å². The molecule has 1 saturated carbocycles. The van der Waals surface area contributed by atoms with Crippen LogP contribution in [0.3, 0.4) is 0 Å². The lowest BCUT2D eigenvalue weighted by molar-refractivity contribution is -0.138. The first kappa shape index (κ1) is 44.6. The standard InChI is InChI=1S/C48H45F4N7O7S/c1-45(2)43(65)57(29-4-3-27(23-53)34(20-29)48(50,51)52)44(67)59(45)30-5-6-31(35(49)21-30)40(62)56-24-46(25-56)12-10-28(11-13-46)55-17-15-47(16-18-55)14-9-26-19-32-33(22-37(26)66-47)42(64)58(41(32)63)36-7-8-38(60)54-39(36)61/h3-6,19-22,28,36H,7-18,24-25H2,1-2H3,(H,54,60,61). The van der Waals surface area contributed by atoms with Gasteiger partial charge in [0.2, 0.25) is 11.8 Å². The normalized spacial score (nSPS) is 23.6. The molecule has 1 unspecified atom stereocenters. The molecule has 5 fully saturated rings. The number of carbonyl (C=O) groups excluding carboxylic acids is 6. The number of nitrogens with one attached hydrogen (secondary N) is 1. The van der Waals surface area contributed by atoms with E-state index in [0.29, 0.717) is 37.4 Å². The van der Waals surface area contributed by atoms with Gasteiger partial charge in [-0.05, 0) is 138 Å². The quantitative estimate of drug-likeness (QED) is 0.174. The third-order valence-electron chi connectivity index (χ3n) is 15.2. The molecule has 67 heavy (non-hydrogen) atoms. The zero-order valence-corrected chi connectivity index (χ0v) is 37.5. The molecule has 3 aromatic carbocycles. The third kappa shape index (κ3) is 7.25. The number of aryl methyl sites for hydroxylation is 1. The van der Waals surface area contributed by atoms with E-state index in [1.54, 1.807) is 17.0 Å². The minimum Gasteiger partial charge on any atom is -0.487 e. The molecule has 1 N–H and O–H groups in total. The summed E-state index contributed by atoms with van der Waals surface area (Å²) in [7, 11) is 0. The molecular formula is C48H45F4N7O7S. The van der Waals surface area contributed by atoms with Crippen molar-refractivity contribution in [3.8, 4) is 11.8 Å². The Morgan fingerprint density at radius 1 is 0.866 bits per heavy atom. The number of nitriles is 1. The minimum absolute atomic E-state index is 0.0461. The molecule has 0 aromatic heterocycles. The number of fused-ring (bicyclic) bond motifs is 2. The average Bonchev–Trinajstić information content (AvgIpc) is 3.62. The first-order valence-corrected chi connectivity index (χ1v) is 22.8. The van der Waals surface area contributed by atoms with Crippen molar-refractivity contribution in [1.82, 2.24) is 20.0 Å². The molecule has 348 valence electrons. The van der Waals surface area contributed by atoms with Crippen LogP contribution < -0.4 is 19.9 Å². The number of likely N-dealkylation sites (tertiary alicyclic amines) is 2. The van der Waals surface area contributed by atoms with Crippen molar-refractivity contribution in [1.29, 1.82) is 5.26 Å². The second kappa shape index (κ2) is 15.7. The molecular weight excluding hydrogens is 895 g/mol. The van der Waals surface area contributed by atoms with Crippen LogP contribution in [-0.2, 0) is 27.0 Å². The molecule has 4 saturated heterocycles. The molecule has 6 amide bonds. The molecule has 0 bridgehead atoms. The summed E-state index contributed by atoms with van der Waals surface area (Å²) in [5.74, 6) is -3.54. The van der Waals surface area contributed by atoms with Gasteiger partial charge in [0, 0.05) is 49.7 Å². The Bertz CT molecular complexity index is 2770. The number of anilines is 2. The van der Waals surface area contributed by atoms with Crippen molar-refractivity contribution < 1.29 is 51.1 Å². The van der Waals surface area contributed by atoms with Crippen molar-refractivity contribution in [3.05, 3.63) is 87.7 Å². The molecule has 2 spiro atoms. The Morgan fingerprint density at radius 2 is 1.54 bits per heavy atom. The fourth-order valence-corrected chi connectivity index (χ4v) is 11.9. The van der Waals surface area contributed by atoms with Crippen LogP contribution in [0.2, 0.25) is 0 Å². The number of hydrogen-bond donors (Lipinski definition) is 1. The van der Waals surface area contributed by atoms with Crippen LogP contribution in [0.25, 0.3) is 0 Å². The lowest BCUT2D eigenvalue weighted by Crippen LogP contribution is -2.61. The van der Waals surface area contributed by atoms with Crippen LogP contribution in [-0.4, -0.2) is 105 Å². The van der Waals surface area contributed by atoms with E-state index in [4.69, 9.17) is 17.0 Å². The Labute approximate surface area is 387 Å². The van der Waals surface area contributed by atoms with Gasteiger partial charge >= 0.3 is 6.18 Å². The van der Waals surface area contributed by atoms with Crippen LogP contribution in [0.15, 0.2) is 48.5 Å². The van der Waals surface area contributed by atoms with Crippen molar-refractivity contribution >= 4 is 64.1 Å². The smallest absolute Gasteiger partial charge is 0.417 e. The van der Waals surface area contributed by atoms with Crippen LogP contribution in [0.1, 0.15) is 119 Å². The number of imide groups is 2. The molecule has 10 rings (SSSR count). The number of rotatable bonds is 5. The fraction of sp³-hybridized carbons (Fsp3) is 0.458. The molecule has 1 aliphatic carbocycles. The van der Waals surface area contributed by atoms with Crippen LogP contribution in [0, 0.1) is 22.6 Å². The third-order valence-corrected chi connectivity index (χ3v) is 15.5. The average molecular weight is 940 g/mol. The highest BCUT2D eigenvalue weighted by molar-refractivity contribution is 7.81. The molecule has 19 heteroatoms. The first-order valence-electron chi connectivity index (χ1n) is 22.4. The summed E-state index contributed by atoms with van der Waals surface area (Å²) >= 11 is 5.59. The topological polar surface area (TPSA) is 164 Å². The Hall–Kier alpha value is -6.26. The summed E-state index contributed by atoms with van der Waals surface area (Å²) in [4.78, 5) is 85.8. The number of benzene rings is 3. The van der Waals surface area contributed by atoms with Gasteiger partial charge in [0.15, 0.2) is 5.11 Å². The summed E-state index contributed by atoms with van der Waals surface area (Å²) in [5.41, 5.74) is -2.62. The summed E-state index contributed by atoms with van der Waals surface area (Å²) < 4.78 is 63.9. The molecule has 3 aromatic rings. The van der Waals surface area contributed by atoms with E-state index in [1.807, 2.05) is 0 Å². The Kier molecular flexibility index (Phi) is 10.4. The van der Waals surface area contributed by atoms with Crippen molar-refractivity contribution in [2.24, 2.45) is 5.41 Å². The molecule has 6 aliphatic heterocycles. The number of thiocarbonyl (C=S) groups is 1. The van der Waals surface area contributed by atoms with Crippen molar-refractivity contribution in [2.45, 2.75) is 107 Å². The lowest BCUT2D eigenvalue weighted by atomic mass is 9.67. The summed E-state index contributed by atoms with van der Waals surface area (Å²) in [5, 5.41) is 11.3. The van der Waals surface area contributed by atoms with E-state index in [-0.39, 0.29) is 51.4 Å². The number of piperidine rings is 2. The number of hydrogen-bond acceptors (Lipinski definition) is 10. The van der Waals surface area contributed by atoms with E-state index in [1.165, 1.54) is 43.0 Å². The van der Waals surface area contributed by atoms with Gasteiger partial charge < -0.3 is 19.4 Å². The van der Waals surface area contributed by atoms with Crippen molar-refractivity contribution in [2.75, 3.05) is 36.0 Å². The zero-order valence-electron chi connectivity index (χ0n) is 36.6. The highest BCUT2D eigenvalue weighted by Gasteiger charge is 2.53. The number of alkyl halides is 3. The second-order valence-corrected chi connectivity index (χ2v) is 19.9. The van der Waals surface area contributed by atoms with Gasteiger partial charge in [-0.25, -0.2) is 4.39 Å². The number of carbonyl (C=O) groups is 6. The van der Waals surface area contributed by atoms with Crippen LogP contribution in [0.4, 0.5) is 28.9 Å². The largest absolute Gasteiger partial charge is 0.487 e. The molecule has 1 atom stereocenters. The summed E-state index contributed by atoms with van der Waals surface area (Å²) in [6.07, 6.45) is 2.04. The van der Waals surface area contributed by atoms with Crippen LogP contribution in [0.5, 0.6) is 5.75 Å². The van der Waals surface area contributed by atoms with E-state index in [0.717, 1.165) is 85.5 Å². The van der Waals surface area contributed by atoms with Gasteiger partial charge in [0.05, 0.1) is 39.6 Å². The Morgan fingerprint density at radius 3 is 2.18 bits per heavy atom. The minimum atomic E-state index is -4.86. The predicted molar refractivity (Wildman–Crippen MR) is 235 cm³/mol. The number of amides is 6. The summed E-state index contributed by atoms with van der Waals surface area (Å²) in [6, 6.07) is 11.0. The number of ether oxygens (including phenoxy) is 1. The Balaban J connectivity index is 0.732. The highest BCUT2D eigenvalue weighted by atomic mass is 32.1. The number of halogens is 4. The molecule has 6 heterocycles. The van der Waals surface area contributed by atoms with E-state index >= 15 is 4.39 Å². The van der Waals surface area contributed by atoms with Gasteiger partial charge in [0.1, 0.15) is 28.7 Å². The first-order chi connectivity index (χ1) is 31.7. The van der Waals surface area contributed by atoms with E-state index in [2.05, 4.69) is 10.2 Å². The molecule has 0 radical (unpaired) electrons. The highest BCUT2D eigenvalue weighted by Crippen LogP contribution is 2.48. The molecule has 14 nitrogen and oxygen atoms in total. The van der Waals surface area contributed by atoms with E-state index in [9.17, 15) is 47.2 Å². The van der Waals surface area contributed by atoms with Gasteiger partial charge in [0.25, 0.3) is 23.6 Å². The SMILES string of the molecule is CC1(C)C(=O)N(c2ccc(C#N)c(C(F)(F)F)c2)C(=S)N1c1ccc(C(=O)N2CC3(CCC(N4CCC5(CCc6cc7c(cc6O5)C(=O)N(C5CCC(=O)NC5=O)C7=O)CC4)CC3)C2)c(F)c1. The fourth-order valence-electron chi connectivity index (χ4n) is 11.4. The molecule has 7 aliphatic rings. The zero-order chi connectivity index (χ0) is 47.5. The predicted octanol–water partition coefficient (Wildman–Crippen LogP) is 6.28. The van der Waals surface area contributed by atoms with Gasteiger partial charge in [-0.2, -0.15) is 18.4 Å². The lowest BCUT2D eigenvalue weighted by Gasteiger charge is -2.55. The van der Waals surface area contributed by atoms with Crippen molar-refractivity contribution in [3.63, 3.8) is 0 Å². The maximum absolute atomic E-state index is 15.9. The maximum Gasteiger partial charge on any atom is 0.417 e. The monoisotopic (exact) mass is 939 g/mol. The van der Waals surface area contributed by atoms with Gasteiger partial charge in [-0.3, -0.25) is 43.9 Å². The van der Waals surface area contributed by atoms with Gasteiger partial charge in [-0.15, -0.1) is 0 Å².